The van der Waals surface area contributed by atoms with Crippen LogP contribution in [0.1, 0.15) is 31.7 Å². The number of esters is 1. The largest absolute Gasteiger partial charge is 0.462 e. The molecule has 126 valence electrons. The smallest absolute Gasteiger partial charge is 0.339 e. The zero-order valence-electron chi connectivity index (χ0n) is 13.4. The molecular weight excluding hydrogens is 310 g/mol. The van der Waals surface area contributed by atoms with E-state index in [-0.39, 0.29) is 23.7 Å². The maximum atomic E-state index is 12.6. The van der Waals surface area contributed by atoms with Crippen LogP contribution in [0.3, 0.4) is 0 Å². The molecule has 1 amide bonds. The molecule has 0 radical (unpaired) electrons. The maximum absolute atomic E-state index is 12.6. The first-order valence-electron chi connectivity index (χ1n) is 8.04. The fraction of sp³-hybridized carbons (Fsp3) is 0.389. The van der Waals surface area contributed by atoms with E-state index in [1.807, 2.05) is 0 Å². The van der Waals surface area contributed by atoms with Gasteiger partial charge in [-0.3, -0.25) is 9.59 Å². The first kappa shape index (κ1) is 16.4. The summed E-state index contributed by atoms with van der Waals surface area (Å²) >= 11 is 0. The van der Waals surface area contributed by atoms with E-state index >= 15 is 0 Å². The van der Waals surface area contributed by atoms with Gasteiger partial charge >= 0.3 is 5.97 Å². The number of rotatable bonds is 4. The molecule has 6 heteroatoms. The number of nitrogens with one attached hydrogen (secondary N) is 1. The molecule has 0 bridgehead atoms. The van der Waals surface area contributed by atoms with Gasteiger partial charge in [0.05, 0.1) is 18.2 Å². The van der Waals surface area contributed by atoms with Crippen molar-refractivity contribution >= 4 is 23.4 Å². The van der Waals surface area contributed by atoms with E-state index in [1.54, 1.807) is 37.3 Å². The number of benzene rings is 1. The van der Waals surface area contributed by atoms with Gasteiger partial charge in [-0.2, -0.15) is 0 Å². The third-order valence-electron chi connectivity index (χ3n) is 4.57. The van der Waals surface area contributed by atoms with Crippen LogP contribution in [0.5, 0.6) is 0 Å². The SMILES string of the molecule is CCOC(=O)C1=C(c2ccccc2)NC(=O)[C@]1(O)[C@@H]1CCCC1=O. The highest BCUT2D eigenvalue weighted by atomic mass is 16.5. The van der Waals surface area contributed by atoms with Crippen LogP contribution in [-0.2, 0) is 19.1 Å². The lowest BCUT2D eigenvalue weighted by Crippen LogP contribution is -2.51. The number of carbonyl (C=O) groups excluding carboxylic acids is 3. The van der Waals surface area contributed by atoms with E-state index in [9.17, 15) is 19.5 Å². The summed E-state index contributed by atoms with van der Waals surface area (Å²) in [6.07, 6.45) is 1.26. The van der Waals surface area contributed by atoms with Gasteiger partial charge in [0.1, 0.15) is 11.4 Å². The van der Waals surface area contributed by atoms with Crippen molar-refractivity contribution in [2.45, 2.75) is 31.8 Å². The Morgan fingerprint density at radius 2 is 2.04 bits per heavy atom. The predicted octanol–water partition coefficient (Wildman–Crippen LogP) is 1.19. The molecule has 1 aromatic rings. The van der Waals surface area contributed by atoms with Gasteiger partial charge in [-0.05, 0) is 25.3 Å². The van der Waals surface area contributed by atoms with Gasteiger partial charge < -0.3 is 15.2 Å². The van der Waals surface area contributed by atoms with Crippen molar-refractivity contribution in [2.24, 2.45) is 5.92 Å². The van der Waals surface area contributed by atoms with Crippen molar-refractivity contribution in [1.29, 1.82) is 0 Å². The zero-order chi connectivity index (χ0) is 17.3. The van der Waals surface area contributed by atoms with E-state index in [2.05, 4.69) is 5.32 Å². The molecule has 6 nitrogen and oxygen atoms in total. The summed E-state index contributed by atoms with van der Waals surface area (Å²) in [6.45, 7) is 1.75. The Bertz CT molecular complexity index is 724. The molecule has 2 aliphatic rings. The predicted molar refractivity (Wildman–Crippen MR) is 85.4 cm³/mol. The van der Waals surface area contributed by atoms with Crippen LogP contribution in [0.25, 0.3) is 5.70 Å². The van der Waals surface area contributed by atoms with Crippen LogP contribution < -0.4 is 5.32 Å². The average molecular weight is 329 g/mol. The summed E-state index contributed by atoms with van der Waals surface area (Å²) in [5.41, 5.74) is -1.55. The second-order valence-electron chi connectivity index (χ2n) is 5.97. The van der Waals surface area contributed by atoms with Gasteiger partial charge in [0, 0.05) is 6.42 Å². The molecule has 24 heavy (non-hydrogen) atoms. The van der Waals surface area contributed by atoms with E-state index in [0.717, 1.165) is 0 Å². The highest BCUT2D eigenvalue weighted by molar-refractivity contribution is 6.17. The zero-order valence-corrected chi connectivity index (χ0v) is 13.4. The number of amides is 1. The van der Waals surface area contributed by atoms with Crippen LogP contribution in [-0.4, -0.2) is 35.0 Å². The number of carbonyl (C=O) groups is 3. The van der Waals surface area contributed by atoms with Gasteiger partial charge in [0.15, 0.2) is 5.60 Å². The Labute approximate surface area is 139 Å². The fourth-order valence-electron chi connectivity index (χ4n) is 3.45. The fourth-order valence-corrected chi connectivity index (χ4v) is 3.45. The van der Waals surface area contributed by atoms with Gasteiger partial charge in [-0.1, -0.05) is 30.3 Å². The van der Waals surface area contributed by atoms with Crippen molar-refractivity contribution in [3.63, 3.8) is 0 Å². The average Bonchev–Trinajstić information content (AvgIpc) is 3.11. The Kier molecular flexibility index (Phi) is 4.24. The lowest BCUT2D eigenvalue weighted by Gasteiger charge is -2.27. The Hall–Kier alpha value is -2.47. The third-order valence-corrected chi connectivity index (χ3v) is 4.57. The third kappa shape index (κ3) is 2.43. The number of aliphatic hydroxyl groups is 1. The summed E-state index contributed by atoms with van der Waals surface area (Å²) in [7, 11) is 0. The van der Waals surface area contributed by atoms with Crippen LogP contribution in [0.15, 0.2) is 35.9 Å². The number of ketones is 1. The molecule has 3 rings (SSSR count). The second-order valence-corrected chi connectivity index (χ2v) is 5.97. The second kappa shape index (κ2) is 6.20. The Balaban J connectivity index is 2.16. The lowest BCUT2D eigenvalue weighted by atomic mass is 9.79. The maximum Gasteiger partial charge on any atom is 0.339 e. The normalized spacial score (nSPS) is 26.7. The van der Waals surface area contributed by atoms with Crippen LogP contribution >= 0.6 is 0 Å². The highest BCUT2D eigenvalue weighted by Gasteiger charge is 2.59. The molecule has 1 saturated carbocycles. The summed E-state index contributed by atoms with van der Waals surface area (Å²) in [4.78, 5) is 37.2. The summed E-state index contributed by atoms with van der Waals surface area (Å²) in [6, 6.07) is 8.76. The minimum absolute atomic E-state index is 0.104. The molecule has 1 aliphatic heterocycles. The van der Waals surface area contributed by atoms with Crippen LogP contribution in [0.2, 0.25) is 0 Å². The molecule has 0 saturated heterocycles. The molecule has 0 unspecified atom stereocenters. The van der Waals surface area contributed by atoms with Crippen LogP contribution in [0, 0.1) is 5.92 Å². The molecule has 2 N–H and O–H groups in total. The topological polar surface area (TPSA) is 92.7 Å². The molecule has 1 aliphatic carbocycles. The molecule has 1 fully saturated rings. The lowest BCUT2D eigenvalue weighted by molar-refractivity contribution is -0.150. The first-order valence-corrected chi connectivity index (χ1v) is 8.04. The first-order chi connectivity index (χ1) is 11.5. The summed E-state index contributed by atoms with van der Waals surface area (Å²) < 4.78 is 5.06. The molecule has 1 aromatic carbocycles. The number of ether oxygens (including phenoxy) is 1. The van der Waals surface area contributed by atoms with Crippen molar-refractivity contribution in [3.8, 4) is 0 Å². The summed E-state index contributed by atoms with van der Waals surface area (Å²) in [5.74, 6) is -2.65. The van der Waals surface area contributed by atoms with E-state index < -0.39 is 23.4 Å². The van der Waals surface area contributed by atoms with Crippen LogP contribution in [0.4, 0.5) is 0 Å². The highest BCUT2D eigenvalue weighted by Crippen LogP contribution is 2.43. The standard InChI is InChI=1S/C18H19NO5/c1-2-24-16(21)14-15(11-7-4-3-5-8-11)19-17(22)18(14,23)12-9-6-10-13(12)20/h3-5,7-8,12,23H,2,6,9-10H2,1H3,(H,19,22)/t12-,18+/m1/s1. The molecular formula is C18H19NO5. The number of Topliss-reactive ketones (excluding diaryl/α,β-unsaturated/α-hetero) is 1. The van der Waals surface area contributed by atoms with Gasteiger partial charge in [0.25, 0.3) is 5.91 Å². The molecule has 0 aromatic heterocycles. The van der Waals surface area contributed by atoms with Crippen molar-refractivity contribution in [3.05, 3.63) is 41.5 Å². The monoisotopic (exact) mass is 329 g/mol. The number of hydrogen-bond acceptors (Lipinski definition) is 5. The molecule has 0 spiro atoms. The summed E-state index contributed by atoms with van der Waals surface area (Å²) in [5, 5.41) is 13.7. The quantitative estimate of drug-likeness (QED) is 0.810. The Morgan fingerprint density at radius 3 is 2.62 bits per heavy atom. The Morgan fingerprint density at radius 1 is 1.33 bits per heavy atom. The minimum Gasteiger partial charge on any atom is -0.462 e. The van der Waals surface area contributed by atoms with Crippen molar-refractivity contribution in [1.82, 2.24) is 5.32 Å². The van der Waals surface area contributed by atoms with Gasteiger partial charge in [-0.25, -0.2) is 4.79 Å². The molecule has 1 heterocycles. The van der Waals surface area contributed by atoms with E-state index in [1.165, 1.54) is 0 Å². The van der Waals surface area contributed by atoms with Gasteiger partial charge in [0.2, 0.25) is 0 Å². The van der Waals surface area contributed by atoms with E-state index in [4.69, 9.17) is 4.74 Å². The number of hydrogen-bond donors (Lipinski definition) is 2. The van der Waals surface area contributed by atoms with Gasteiger partial charge in [-0.15, -0.1) is 0 Å². The minimum atomic E-state index is -2.18. The molecule has 2 atom stereocenters. The van der Waals surface area contributed by atoms with Crippen molar-refractivity contribution in [2.75, 3.05) is 6.61 Å². The van der Waals surface area contributed by atoms with E-state index in [0.29, 0.717) is 24.8 Å². The van der Waals surface area contributed by atoms with Crippen molar-refractivity contribution < 1.29 is 24.2 Å².